The molecule has 0 spiro atoms. The summed E-state index contributed by atoms with van der Waals surface area (Å²) in [6.45, 7) is 11.0. The minimum Gasteiger partial charge on any atom is -0.424 e. The lowest BCUT2D eigenvalue weighted by atomic mass is 9.93. The standard InChI is InChI=1S/C25H29NO5/c1-15-11-8-9-14-19(15)24(28)30-22-21(20-16(2)12-10-13-17(20)3)23(27)26(25(22,5)6)31-18(4)29-7/h8-14,18H,1-7H3. The van der Waals surface area contributed by atoms with Gasteiger partial charge in [-0.05, 0) is 69.9 Å². The van der Waals surface area contributed by atoms with Gasteiger partial charge in [-0.3, -0.25) is 4.79 Å². The topological polar surface area (TPSA) is 65.1 Å². The van der Waals surface area contributed by atoms with Crippen molar-refractivity contribution in [1.82, 2.24) is 5.06 Å². The molecule has 1 aliphatic rings. The summed E-state index contributed by atoms with van der Waals surface area (Å²) in [5, 5.41) is 1.24. The number of carbonyl (C=O) groups is 2. The Kier molecular flexibility index (Phi) is 6.34. The number of aryl methyl sites for hydroxylation is 3. The van der Waals surface area contributed by atoms with Gasteiger partial charge in [-0.25, -0.2) is 14.7 Å². The van der Waals surface area contributed by atoms with Crippen molar-refractivity contribution < 1.29 is 23.9 Å². The van der Waals surface area contributed by atoms with Gasteiger partial charge < -0.3 is 9.47 Å². The van der Waals surface area contributed by atoms with Gasteiger partial charge in [0, 0.05) is 7.11 Å². The van der Waals surface area contributed by atoms with E-state index in [2.05, 4.69) is 0 Å². The number of rotatable bonds is 6. The molecule has 0 saturated carbocycles. The number of hydroxylamine groups is 2. The molecule has 2 aromatic rings. The Hall–Kier alpha value is -2.96. The Morgan fingerprint density at radius 3 is 2.13 bits per heavy atom. The monoisotopic (exact) mass is 423 g/mol. The van der Waals surface area contributed by atoms with Crippen LogP contribution in [0.3, 0.4) is 0 Å². The molecule has 0 aromatic heterocycles. The summed E-state index contributed by atoms with van der Waals surface area (Å²) in [5.74, 6) is -0.635. The zero-order valence-electron chi connectivity index (χ0n) is 19.1. The molecule has 1 amide bonds. The van der Waals surface area contributed by atoms with Crippen molar-refractivity contribution >= 4 is 17.4 Å². The van der Waals surface area contributed by atoms with Crippen molar-refractivity contribution in [3.8, 4) is 0 Å². The second-order valence-corrected chi connectivity index (χ2v) is 8.24. The van der Waals surface area contributed by atoms with Crippen molar-refractivity contribution in [2.75, 3.05) is 7.11 Å². The number of hydrogen-bond donors (Lipinski definition) is 0. The van der Waals surface area contributed by atoms with Crippen LogP contribution in [0.5, 0.6) is 0 Å². The highest BCUT2D eigenvalue weighted by Crippen LogP contribution is 2.43. The predicted octanol–water partition coefficient (Wildman–Crippen LogP) is 4.72. The number of nitrogens with zero attached hydrogens (tertiary/aromatic N) is 1. The second kappa shape index (κ2) is 8.65. The number of ether oxygens (including phenoxy) is 2. The third-order valence-corrected chi connectivity index (χ3v) is 5.57. The van der Waals surface area contributed by atoms with Crippen LogP contribution in [0.2, 0.25) is 0 Å². The Labute approximate surface area is 183 Å². The van der Waals surface area contributed by atoms with E-state index in [1.54, 1.807) is 32.9 Å². The molecule has 164 valence electrons. The summed E-state index contributed by atoms with van der Waals surface area (Å²) in [6, 6.07) is 13.0. The first-order chi connectivity index (χ1) is 14.6. The van der Waals surface area contributed by atoms with Gasteiger partial charge in [0.05, 0.1) is 11.1 Å². The van der Waals surface area contributed by atoms with Gasteiger partial charge in [-0.2, -0.15) is 0 Å². The Morgan fingerprint density at radius 1 is 0.968 bits per heavy atom. The summed E-state index contributed by atoms with van der Waals surface area (Å²) in [7, 11) is 1.50. The average Bonchev–Trinajstić information content (AvgIpc) is 2.89. The lowest BCUT2D eigenvalue weighted by Gasteiger charge is -2.33. The maximum Gasteiger partial charge on any atom is 0.343 e. The van der Waals surface area contributed by atoms with Crippen LogP contribution in [0, 0.1) is 20.8 Å². The molecule has 1 atom stereocenters. The van der Waals surface area contributed by atoms with Gasteiger partial charge >= 0.3 is 5.97 Å². The van der Waals surface area contributed by atoms with Crippen LogP contribution < -0.4 is 0 Å². The highest BCUT2D eigenvalue weighted by atomic mass is 16.8. The second-order valence-electron chi connectivity index (χ2n) is 8.24. The predicted molar refractivity (Wildman–Crippen MR) is 118 cm³/mol. The van der Waals surface area contributed by atoms with Crippen molar-refractivity contribution in [1.29, 1.82) is 0 Å². The van der Waals surface area contributed by atoms with Crippen LogP contribution in [0.25, 0.3) is 5.57 Å². The van der Waals surface area contributed by atoms with Crippen LogP contribution in [0.1, 0.15) is 53.4 Å². The third kappa shape index (κ3) is 4.13. The minimum absolute atomic E-state index is 0.256. The molecule has 3 rings (SSSR count). The first-order valence-electron chi connectivity index (χ1n) is 10.2. The minimum atomic E-state index is -1.04. The zero-order chi connectivity index (χ0) is 22.9. The van der Waals surface area contributed by atoms with Crippen LogP contribution in [0.15, 0.2) is 48.2 Å². The fourth-order valence-electron chi connectivity index (χ4n) is 3.78. The van der Waals surface area contributed by atoms with E-state index in [1.807, 2.05) is 51.1 Å². The molecule has 0 saturated heterocycles. The van der Waals surface area contributed by atoms with Gasteiger partial charge in [-0.1, -0.05) is 36.4 Å². The molecule has 0 bridgehead atoms. The maximum absolute atomic E-state index is 13.6. The van der Waals surface area contributed by atoms with Crippen LogP contribution in [-0.4, -0.2) is 35.9 Å². The summed E-state index contributed by atoms with van der Waals surface area (Å²) >= 11 is 0. The lowest BCUT2D eigenvalue weighted by Crippen LogP contribution is -2.46. The number of carbonyl (C=O) groups excluding carboxylic acids is 2. The van der Waals surface area contributed by atoms with Gasteiger partial charge in [0.25, 0.3) is 5.91 Å². The van der Waals surface area contributed by atoms with E-state index in [0.29, 0.717) is 11.1 Å². The van der Waals surface area contributed by atoms with Gasteiger partial charge in [-0.15, -0.1) is 0 Å². The molecule has 6 nitrogen and oxygen atoms in total. The van der Waals surface area contributed by atoms with Crippen LogP contribution in [0.4, 0.5) is 0 Å². The molecule has 1 unspecified atom stereocenters. The molecule has 1 aliphatic heterocycles. The zero-order valence-corrected chi connectivity index (χ0v) is 19.1. The van der Waals surface area contributed by atoms with E-state index in [4.69, 9.17) is 14.3 Å². The van der Waals surface area contributed by atoms with Gasteiger partial charge in [0.15, 0.2) is 6.29 Å². The summed E-state index contributed by atoms with van der Waals surface area (Å²) in [4.78, 5) is 32.5. The van der Waals surface area contributed by atoms with E-state index < -0.39 is 17.8 Å². The van der Waals surface area contributed by atoms with E-state index in [1.165, 1.54) is 12.2 Å². The molecular weight excluding hydrogens is 394 g/mol. The first-order valence-corrected chi connectivity index (χ1v) is 10.2. The van der Waals surface area contributed by atoms with Crippen LogP contribution in [-0.2, 0) is 19.1 Å². The van der Waals surface area contributed by atoms with Crippen molar-refractivity contribution in [3.05, 3.63) is 76.0 Å². The summed E-state index contributed by atoms with van der Waals surface area (Å²) in [5.41, 5.74) is 3.09. The maximum atomic E-state index is 13.6. The van der Waals surface area contributed by atoms with Gasteiger partial charge in [0.1, 0.15) is 11.3 Å². The first kappa shape index (κ1) is 22.7. The molecule has 0 N–H and O–H groups in total. The normalized spacial score (nSPS) is 16.6. The third-order valence-electron chi connectivity index (χ3n) is 5.57. The SMILES string of the molecule is COC(C)ON1C(=O)C(c2c(C)cccc2C)=C(OC(=O)c2ccccc2C)C1(C)C. The molecule has 0 fully saturated rings. The van der Waals surface area contributed by atoms with Crippen molar-refractivity contribution in [2.45, 2.75) is 53.4 Å². The molecule has 0 radical (unpaired) electrons. The summed E-state index contributed by atoms with van der Waals surface area (Å²) in [6.07, 6.45) is -0.658. The Morgan fingerprint density at radius 2 is 1.55 bits per heavy atom. The number of benzene rings is 2. The number of amides is 1. The van der Waals surface area contributed by atoms with Crippen molar-refractivity contribution in [2.24, 2.45) is 0 Å². The Balaban J connectivity index is 2.17. The van der Waals surface area contributed by atoms with E-state index in [-0.39, 0.29) is 11.7 Å². The number of esters is 1. The summed E-state index contributed by atoms with van der Waals surface area (Å²) < 4.78 is 11.1. The Bertz CT molecular complexity index is 1030. The molecule has 0 aliphatic carbocycles. The molecular formula is C25H29NO5. The smallest absolute Gasteiger partial charge is 0.343 e. The number of methoxy groups -OCH3 is 1. The fourth-order valence-corrected chi connectivity index (χ4v) is 3.78. The quantitative estimate of drug-likeness (QED) is 0.497. The highest BCUT2D eigenvalue weighted by molar-refractivity contribution is 6.23. The van der Waals surface area contributed by atoms with E-state index in [0.717, 1.165) is 22.3 Å². The van der Waals surface area contributed by atoms with Gasteiger partial charge in [0.2, 0.25) is 0 Å². The number of hydrogen-bond acceptors (Lipinski definition) is 5. The van der Waals surface area contributed by atoms with E-state index in [9.17, 15) is 9.59 Å². The molecule has 1 heterocycles. The fraction of sp³-hybridized carbons (Fsp3) is 0.360. The average molecular weight is 424 g/mol. The van der Waals surface area contributed by atoms with Crippen molar-refractivity contribution in [3.63, 3.8) is 0 Å². The molecule has 2 aromatic carbocycles. The largest absolute Gasteiger partial charge is 0.424 e. The highest BCUT2D eigenvalue weighted by Gasteiger charge is 2.50. The van der Waals surface area contributed by atoms with Crippen LogP contribution >= 0.6 is 0 Å². The lowest BCUT2D eigenvalue weighted by molar-refractivity contribution is -0.276. The molecule has 31 heavy (non-hydrogen) atoms. The van der Waals surface area contributed by atoms with E-state index >= 15 is 0 Å². The molecule has 6 heteroatoms.